The molecule has 1 aliphatic rings. The van der Waals surface area contributed by atoms with Crippen molar-refractivity contribution >= 4 is 0 Å². The third-order valence-electron chi connectivity index (χ3n) is 2.92. The maximum Gasteiger partial charge on any atom is 0.0638 e. The van der Waals surface area contributed by atoms with Gasteiger partial charge < -0.3 is 11.1 Å². The van der Waals surface area contributed by atoms with Gasteiger partial charge in [-0.05, 0) is 32.9 Å². The van der Waals surface area contributed by atoms with Crippen molar-refractivity contribution < 1.29 is 0 Å². The van der Waals surface area contributed by atoms with Crippen molar-refractivity contribution in [2.24, 2.45) is 5.73 Å². The molecule has 2 rings (SSSR count). The number of aryl methyl sites for hydroxylation is 1. The van der Waals surface area contributed by atoms with Crippen LogP contribution < -0.4 is 11.1 Å². The summed E-state index contributed by atoms with van der Waals surface area (Å²) in [4.78, 5) is 0. The molecule has 14 heavy (non-hydrogen) atoms. The molecule has 1 saturated heterocycles. The normalized spacial score (nSPS) is 18.7. The maximum atomic E-state index is 5.63. The zero-order valence-electron chi connectivity index (χ0n) is 8.66. The van der Waals surface area contributed by atoms with E-state index in [2.05, 4.69) is 21.3 Å². The minimum Gasteiger partial charge on any atom is -0.326 e. The van der Waals surface area contributed by atoms with E-state index in [1.807, 2.05) is 6.92 Å². The second-order valence-corrected chi connectivity index (χ2v) is 3.91. The van der Waals surface area contributed by atoms with E-state index in [1.165, 1.54) is 18.4 Å². The van der Waals surface area contributed by atoms with E-state index >= 15 is 0 Å². The molecule has 1 aliphatic heterocycles. The van der Waals surface area contributed by atoms with Crippen LogP contribution in [0.1, 0.15) is 30.1 Å². The second kappa shape index (κ2) is 4.11. The Labute approximate surface area is 84.5 Å². The summed E-state index contributed by atoms with van der Waals surface area (Å²) in [6.45, 7) is 4.82. The van der Waals surface area contributed by atoms with Gasteiger partial charge in [0, 0.05) is 18.3 Å². The largest absolute Gasteiger partial charge is 0.326 e. The molecule has 0 bridgehead atoms. The van der Waals surface area contributed by atoms with Gasteiger partial charge in [0.15, 0.2) is 0 Å². The summed E-state index contributed by atoms with van der Waals surface area (Å²) in [6.07, 6.45) is 4.45. The number of hydrogen-bond acceptors (Lipinski definition) is 3. The zero-order chi connectivity index (χ0) is 9.97. The lowest BCUT2D eigenvalue weighted by molar-refractivity contribution is 0.342. The summed E-state index contributed by atoms with van der Waals surface area (Å²) in [7, 11) is 0. The number of piperidine rings is 1. The van der Waals surface area contributed by atoms with Gasteiger partial charge in [0.2, 0.25) is 0 Å². The van der Waals surface area contributed by atoms with Crippen LogP contribution in [0.3, 0.4) is 0 Å². The molecule has 1 aromatic heterocycles. The van der Waals surface area contributed by atoms with E-state index in [0.29, 0.717) is 12.6 Å². The first-order valence-corrected chi connectivity index (χ1v) is 5.26. The van der Waals surface area contributed by atoms with Crippen LogP contribution in [0.25, 0.3) is 0 Å². The monoisotopic (exact) mass is 194 g/mol. The van der Waals surface area contributed by atoms with E-state index in [0.717, 1.165) is 18.8 Å². The molecule has 4 nitrogen and oxygen atoms in total. The van der Waals surface area contributed by atoms with Crippen LogP contribution in [0.5, 0.6) is 0 Å². The summed E-state index contributed by atoms with van der Waals surface area (Å²) >= 11 is 0. The molecule has 0 atom stereocenters. The fourth-order valence-electron chi connectivity index (χ4n) is 1.98. The molecule has 3 N–H and O–H groups in total. The molecule has 0 spiro atoms. The number of rotatable bonds is 2. The van der Waals surface area contributed by atoms with Gasteiger partial charge >= 0.3 is 0 Å². The van der Waals surface area contributed by atoms with Gasteiger partial charge in [-0.1, -0.05) is 0 Å². The summed E-state index contributed by atoms with van der Waals surface area (Å²) in [5, 5.41) is 7.87. The van der Waals surface area contributed by atoms with E-state index in [-0.39, 0.29) is 0 Å². The first-order chi connectivity index (χ1) is 6.81. The molecular formula is C10H18N4. The van der Waals surface area contributed by atoms with Crippen LogP contribution in [0, 0.1) is 6.92 Å². The van der Waals surface area contributed by atoms with Gasteiger partial charge in [-0.15, -0.1) is 0 Å². The van der Waals surface area contributed by atoms with Gasteiger partial charge in [0.1, 0.15) is 0 Å². The number of nitrogens with zero attached hydrogens (tertiary/aromatic N) is 2. The van der Waals surface area contributed by atoms with Crippen molar-refractivity contribution in [3.05, 3.63) is 17.5 Å². The SMILES string of the molecule is Cc1nn(C2CCNCC2)cc1CN. The average molecular weight is 194 g/mol. The molecule has 1 aromatic rings. The second-order valence-electron chi connectivity index (χ2n) is 3.91. The smallest absolute Gasteiger partial charge is 0.0638 e. The van der Waals surface area contributed by atoms with Gasteiger partial charge in [0.25, 0.3) is 0 Å². The first kappa shape index (κ1) is 9.68. The predicted octanol–water partition coefficient (Wildman–Crippen LogP) is 0.575. The summed E-state index contributed by atoms with van der Waals surface area (Å²) in [5.74, 6) is 0. The molecule has 0 aliphatic carbocycles. The van der Waals surface area contributed by atoms with Crippen molar-refractivity contribution in [2.75, 3.05) is 13.1 Å². The number of nitrogens with two attached hydrogens (primary N) is 1. The number of aromatic nitrogens is 2. The van der Waals surface area contributed by atoms with Gasteiger partial charge in [-0.2, -0.15) is 5.10 Å². The van der Waals surface area contributed by atoms with Crippen LogP contribution in [0.15, 0.2) is 6.20 Å². The van der Waals surface area contributed by atoms with Crippen molar-refractivity contribution in [2.45, 2.75) is 32.4 Å². The van der Waals surface area contributed by atoms with Crippen molar-refractivity contribution in [3.8, 4) is 0 Å². The molecule has 0 amide bonds. The van der Waals surface area contributed by atoms with Crippen LogP contribution in [0.2, 0.25) is 0 Å². The van der Waals surface area contributed by atoms with E-state index in [9.17, 15) is 0 Å². The minimum absolute atomic E-state index is 0.565. The molecule has 0 saturated carbocycles. The highest BCUT2D eigenvalue weighted by molar-refractivity contribution is 5.15. The first-order valence-electron chi connectivity index (χ1n) is 5.26. The van der Waals surface area contributed by atoms with E-state index in [1.54, 1.807) is 0 Å². The van der Waals surface area contributed by atoms with Crippen LogP contribution >= 0.6 is 0 Å². The average Bonchev–Trinajstić information content (AvgIpc) is 2.61. The summed E-state index contributed by atoms with van der Waals surface area (Å²) < 4.78 is 2.10. The van der Waals surface area contributed by atoms with Crippen molar-refractivity contribution in [3.63, 3.8) is 0 Å². The zero-order valence-corrected chi connectivity index (χ0v) is 8.66. The Balaban J connectivity index is 2.14. The van der Waals surface area contributed by atoms with Gasteiger partial charge in [-0.25, -0.2) is 0 Å². The molecule has 2 heterocycles. The fraction of sp³-hybridized carbons (Fsp3) is 0.700. The van der Waals surface area contributed by atoms with E-state index < -0.39 is 0 Å². The standard InChI is InChI=1S/C10H18N4/c1-8-9(6-11)7-14(13-8)10-2-4-12-5-3-10/h7,10,12H,2-6,11H2,1H3. The molecule has 0 unspecified atom stereocenters. The molecule has 0 aromatic carbocycles. The Morgan fingerprint density at radius 3 is 2.86 bits per heavy atom. The highest BCUT2D eigenvalue weighted by atomic mass is 15.3. The Hall–Kier alpha value is -0.870. The lowest BCUT2D eigenvalue weighted by Crippen LogP contribution is -2.29. The third kappa shape index (κ3) is 1.81. The Kier molecular flexibility index (Phi) is 2.84. The lowest BCUT2D eigenvalue weighted by atomic mass is 10.1. The van der Waals surface area contributed by atoms with Gasteiger partial charge in [0.05, 0.1) is 11.7 Å². The van der Waals surface area contributed by atoms with Crippen molar-refractivity contribution in [1.29, 1.82) is 0 Å². The summed E-state index contributed by atoms with van der Waals surface area (Å²) in [5.41, 5.74) is 7.87. The Morgan fingerprint density at radius 1 is 1.57 bits per heavy atom. The summed E-state index contributed by atoms with van der Waals surface area (Å²) in [6, 6.07) is 0.565. The highest BCUT2D eigenvalue weighted by Gasteiger charge is 2.16. The van der Waals surface area contributed by atoms with Crippen LogP contribution in [-0.2, 0) is 6.54 Å². The fourth-order valence-corrected chi connectivity index (χ4v) is 1.98. The molecule has 4 heteroatoms. The topological polar surface area (TPSA) is 55.9 Å². The van der Waals surface area contributed by atoms with Gasteiger partial charge in [-0.3, -0.25) is 4.68 Å². The van der Waals surface area contributed by atoms with Crippen LogP contribution in [-0.4, -0.2) is 22.9 Å². The number of nitrogens with one attached hydrogen (secondary N) is 1. The number of hydrogen-bond donors (Lipinski definition) is 2. The quantitative estimate of drug-likeness (QED) is 0.724. The molecular weight excluding hydrogens is 176 g/mol. The highest BCUT2D eigenvalue weighted by Crippen LogP contribution is 2.19. The molecule has 1 fully saturated rings. The lowest BCUT2D eigenvalue weighted by Gasteiger charge is -2.22. The minimum atomic E-state index is 0.565. The predicted molar refractivity (Wildman–Crippen MR) is 56.0 cm³/mol. The van der Waals surface area contributed by atoms with Crippen molar-refractivity contribution in [1.82, 2.24) is 15.1 Å². The van der Waals surface area contributed by atoms with E-state index in [4.69, 9.17) is 5.73 Å². The Bertz CT molecular complexity index is 299. The molecule has 78 valence electrons. The molecule has 0 radical (unpaired) electrons. The third-order valence-corrected chi connectivity index (χ3v) is 2.92. The maximum absolute atomic E-state index is 5.63. The van der Waals surface area contributed by atoms with Crippen LogP contribution in [0.4, 0.5) is 0 Å². The Morgan fingerprint density at radius 2 is 2.29 bits per heavy atom.